The number of hydrogen-bond donors (Lipinski definition) is 0. The van der Waals surface area contributed by atoms with Crippen LogP contribution in [-0.2, 0) is 0 Å². The van der Waals surface area contributed by atoms with Crippen LogP contribution < -0.4 is 0 Å². The van der Waals surface area contributed by atoms with Gasteiger partial charge in [-0.2, -0.15) is 0 Å². The largest absolute Gasteiger partial charge is 0.335 e. The molecule has 0 bridgehead atoms. The second-order valence-electron chi connectivity index (χ2n) is 5.64. The molecule has 5 heteroatoms. The highest BCUT2D eigenvalue weighted by Gasteiger charge is 2.25. The summed E-state index contributed by atoms with van der Waals surface area (Å²) in [5, 5.41) is 0. The fraction of sp³-hybridized carbons (Fsp3) is 0.278. The Labute approximate surface area is 135 Å². The van der Waals surface area contributed by atoms with Gasteiger partial charge in [0.15, 0.2) is 0 Å². The summed E-state index contributed by atoms with van der Waals surface area (Å²) in [6.07, 6.45) is 1.61. The van der Waals surface area contributed by atoms with Gasteiger partial charge in [0.05, 0.1) is 5.56 Å². The average Bonchev–Trinajstić information content (AvgIpc) is 2.62. The van der Waals surface area contributed by atoms with E-state index in [0.29, 0.717) is 37.3 Å². The second kappa shape index (κ2) is 6.60. The zero-order chi connectivity index (χ0) is 16.2. The van der Waals surface area contributed by atoms with Gasteiger partial charge in [0, 0.05) is 43.6 Å². The molecule has 0 atom stereocenters. The lowest BCUT2D eigenvalue weighted by Gasteiger charge is -2.34. The summed E-state index contributed by atoms with van der Waals surface area (Å²) in [6, 6.07) is 12.9. The number of amides is 2. The third-order valence-corrected chi connectivity index (χ3v) is 4.03. The quantitative estimate of drug-likeness (QED) is 0.852. The number of nitrogens with zero attached hydrogens (tertiary/aromatic N) is 3. The first-order chi connectivity index (χ1) is 11.1. The number of rotatable bonds is 2. The smallest absolute Gasteiger partial charge is 0.255 e. The SMILES string of the molecule is Cc1ccc(C(=O)N2CCN(C(=O)c3ccccc3)CC2)cn1. The number of aryl methyl sites for hydroxylation is 1. The van der Waals surface area contributed by atoms with Crippen LogP contribution in [-0.4, -0.2) is 52.8 Å². The van der Waals surface area contributed by atoms with Gasteiger partial charge in [-0.15, -0.1) is 0 Å². The van der Waals surface area contributed by atoms with Gasteiger partial charge in [0.1, 0.15) is 0 Å². The van der Waals surface area contributed by atoms with Crippen LogP contribution in [0.2, 0.25) is 0 Å². The van der Waals surface area contributed by atoms with Gasteiger partial charge < -0.3 is 9.80 Å². The Morgan fingerprint density at radius 1 is 0.826 bits per heavy atom. The molecular formula is C18H19N3O2. The Balaban J connectivity index is 1.61. The molecular weight excluding hydrogens is 290 g/mol. The van der Waals surface area contributed by atoms with Crippen molar-refractivity contribution in [2.45, 2.75) is 6.92 Å². The maximum absolute atomic E-state index is 12.4. The summed E-state index contributed by atoms with van der Waals surface area (Å²) in [6.45, 7) is 4.09. The highest BCUT2D eigenvalue weighted by Crippen LogP contribution is 2.11. The van der Waals surface area contributed by atoms with Crippen molar-refractivity contribution in [3.05, 3.63) is 65.5 Å². The third-order valence-electron chi connectivity index (χ3n) is 4.03. The number of hydrogen-bond acceptors (Lipinski definition) is 3. The molecule has 0 radical (unpaired) electrons. The first kappa shape index (κ1) is 15.2. The van der Waals surface area contributed by atoms with Crippen molar-refractivity contribution in [1.29, 1.82) is 0 Å². The molecule has 1 aliphatic heterocycles. The van der Waals surface area contributed by atoms with Crippen molar-refractivity contribution in [2.75, 3.05) is 26.2 Å². The molecule has 3 rings (SSSR count). The second-order valence-corrected chi connectivity index (χ2v) is 5.64. The molecule has 0 spiro atoms. The summed E-state index contributed by atoms with van der Waals surface area (Å²) in [4.78, 5) is 32.6. The summed E-state index contributed by atoms with van der Waals surface area (Å²) in [7, 11) is 0. The molecule has 118 valence electrons. The van der Waals surface area contributed by atoms with Crippen LogP contribution >= 0.6 is 0 Å². The van der Waals surface area contributed by atoms with Crippen molar-refractivity contribution in [3.63, 3.8) is 0 Å². The summed E-state index contributed by atoms with van der Waals surface area (Å²) < 4.78 is 0. The van der Waals surface area contributed by atoms with Gasteiger partial charge in [0.25, 0.3) is 11.8 Å². The van der Waals surface area contributed by atoms with E-state index in [1.807, 2.05) is 43.3 Å². The monoisotopic (exact) mass is 309 g/mol. The maximum Gasteiger partial charge on any atom is 0.255 e. The van der Waals surface area contributed by atoms with Crippen molar-refractivity contribution >= 4 is 11.8 Å². The molecule has 2 heterocycles. The number of benzene rings is 1. The van der Waals surface area contributed by atoms with E-state index < -0.39 is 0 Å². The van der Waals surface area contributed by atoms with E-state index in [9.17, 15) is 9.59 Å². The molecule has 2 amide bonds. The highest BCUT2D eigenvalue weighted by atomic mass is 16.2. The van der Waals surface area contributed by atoms with Gasteiger partial charge in [-0.05, 0) is 31.2 Å². The van der Waals surface area contributed by atoms with Gasteiger partial charge in [0.2, 0.25) is 0 Å². The van der Waals surface area contributed by atoms with Crippen molar-refractivity contribution in [3.8, 4) is 0 Å². The first-order valence-corrected chi connectivity index (χ1v) is 7.71. The van der Waals surface area contributed by atoms with Gasteiger partial charge in [-0.1, -0.05) is 18.2 Å². The van der Waals surface area contributed by atoms with Crippen LogP contribution in [0.1, 0.15) is 26.4 Å². The molecule has 0 N–H and O–H groups in total. The lowest BCUT2D eigenvalue weighted by Crippen LogP contribution is -2.50. The molecule has 1 saturated heterocycles. The normalized spacial score (nSPS) is 14.7. The fourth-order valence-electron chi connectivity index (χ4n) is 2.65. The number of aromatic nitrogens is 1. The van der Waals surface area contributed by atoms with Crippen LogP contribution in [0.4, 0.5) is 0 Å². The molecule has 23 heavy (non-hydrogen) atoms. The number of carbonyl (C=O) groups excluding carboxylic acids is 2. The van der Waals surface area contributed by atoms with E-state index in [2.05, 4.69) is 4.98 Å². The molecule has 2 aromatic rings. The van der Waals surface area contributed by atoms with E-state index in [-0.39, 0.29) is 11.8 Å². The first-order valence-electron chi connectivity index (χ1n) is 7.71. The van der Waals surface area contributed by atoms with E-state index in [1.165, 1.54) is 0 Å². The lowest BCUT2D eigenvalue weighted by molar-refractivity contribution is 0.0535. The molecule has 1 fully saturated rings. The van der Waals surface area contributed by atoms with E-state index in [4.69, 9.17) is 0 Å². The third kappa shape index (κ3) is 3.39. The van der Waals surface area contributed by atoms with E-state index in [0.717, 1.165) is 5.69 Å². The number of piperazine rings is 1. The predicted octanol–water partition coefficient (Wildman–Crippen LogP) is 1.99. The summed E-state index contributed by atoms with van der Waals surface area (Å²) in [5.41, 5.74) is 2.17. The van der Waals surface area contributed by atoms with Crippen LogP contribution in [0.25, 0.3) is 0 Å². The standard InChI is InChI=1S/C18H19N3O2/c1-14-7-8-16(13-19-14)18(23)21-11-9-20(10-12-21)17(22)15-5-3-2-4-6-15/h2-8,13H,9-12H2,1H3. The Kier molecular flexibility index (Phi) is 4.37. The van der Waals surface area contributed by atoms with Crippen molar-refractivity contribution in [2.24, 2.45) is 0 Å². The van der Waals surface area contributed by atoms with Gasteiger partial charge >= 0.3 is 0 Å². The Bertz CT molecular complexity index is 690. The molecule has 5 nitrogen and oxygen atoms in total. The van der Waals surface area contributed by atoms with Crippen molar-refractivity contribution in [1.82, 2.24) is 14.8 Å². The number of carbonyl (C=O) groups is 2. The van der Waals surface area contributed by atoms with Crippen LogP contribution in [0.5, 0.6) is 0 Å². The van der Waals surface area contributed by atoms with Crippen LogP contribution in [0.15, 0.2) is 48.7 Å². The highest BCUT2D eigenvalue weighted by molar-refractivity contribution is 5.95. The molecule has 1 aromatic carbocycles. The molecule has 1 aliphatic rings. The number of pyridine rings is 1. The summed E-state index contributed by atoms with van der Waals surface area (Å²) >= 11 is 0. The van der Waals surface area contributed by atoms with E-state index >= 15 is 0 Å². The maximum atomic E-state index is 12.4. The molecule has 0 aliphatic carbocycles. The summed E-state index contributed by atoms with van der Waals surface area (Å²) in [5.74, 6) is -0.000915. The zero-order valence-electron chi connectivity index (χ0n) is 13.1. The predicted molar refractivity (Wildman–Crippen MR) is 87.2 cm³/mol. The Morgan fingerprint density at radius 2 is 1.39 bits per heavy atom. The average molecular weight is 309 g/mol. The molecule has 0 saturated carbocycles. The Hall–Kier alpha value is -2.69. The topological polar surface area (TPSA) is 53.5 Å². The van der Waals surface area contributed by atoms with Gasteiger partial charge in [-0.25, -0.2) is 0 Å². The van der Waals surface area contributed by atoms with Crippen LogP contribution in [0, 0.1) is 6.92 Å². The lowest BCUT2D eigenvalue weighted by atomic mass is 10.1. The minimum Gasteiger partial charge on any atom is -0.335 e. The van der Waals surface area contributed by atoms with Gasteiger partial charge in [-0.3, -0.25) is 14.6 Å². The van der Waals surface area contributed by atoms with Crippen LogP contribution in [0.3, 0.4) is 0 Å². The molecule has 0 unspecified atom stereocenters. The molecule has 1 aromatic heterocycles. The Morgan fingerprint density at radius 3 is 1.91 bits per heavy atom. The minimum atomic E-state index is -0.0238. The zero-order valence-corrected chi connectivity index (χ0v) is 13.1. The minimum absolute atomic E-state index is 0.0229. The fourth-order valence-corrected chi connectivity index (χ4v) is 2.65. The van der Waals surface area contributed by atoms with Crippen molar-refractivity contribution < 1.29 is 9.59 Å². The van der Waals surface area contributed by atoms with E-state index in [1.54, 1.807) is 22.1 Å².